The number of carbonyl (C=O) groups is 1. The minimum absolute atomic E-state index is 0.0334. The summed E-state index contributed by atoms with van der Waals surface area (Å²) in [4.78, 5) is 14.0. The van der Waals surface area contributed by atoms with Gasteiger partial charge in [0.25, 0.3) is 0 Å². The van der Waals surface area contributed by atoms with E-state index in [0.29, 0.717) is 11.6 Å². The van der Waals surface area contributed by atoms with Gasteiger partial charge in [-0.05, 0) is 38.6 Å². The Morgan fingerprint density at radius 1 is 1.42 bits per heavy atom. The van der Waals surface area contributed by atoms with Crippen LogP contribution in [-0.4, -0.2) is 30.9 Å². The molecule has 0 saturated heterocycles. The van der Waals surface area contributed by atoms with Crippen LogP contribution in [0.4, 0.5) is 0 Å². The van der Waals surface area contributed by atoms with Crippen molar-refractivity contribution in [3.8, 4) is 0 Å². The number of carbonyl (C=O) groups excluding carboxylic acids is 1. The Kier molecular flexibility index (Phi) is 6.89. The van der Waals surface area contributed by atoms with Crippen LogP contribution in [0.2, 0.25) is 5.02 Å². The molecule has 0 aromatic heterocycles. The van der Waals surface area contributed by atoms with E-state index in [1.165, 1.54) is 0 Å². The second-order valence-electron chi connectivity index (χ2n) is 4.90. The lowest BCUT2D eigenvalue weighted by Crippen LogP contribution is -2.36. The Morgan fingerprint density at radius 2 is 2.11 bits per heavy atom. The third-order valence-electron chi connectivity index (χ3n) is 3.06. The summed E-state index contributed by atoms with van der Waals surface area (Å²) in [5, 5.41) is 3.67. The summed E-state index contributed by atoms with van der Waals surface area (Å²) in [7, 11) is 1.97. The number of rotatable bonds is 7. The van der Waals surface area contributed by atoms with E-state index in [9.17, 15) is 4.79 Å². The number of likely N-dealkylation sites (N-methyl/N-ethyl adjacent to an activating group) is 1. The van der Waals surface area contributed by atoms with Crippen molar-refractivity contribution >= 4 is 17.5 Å². The first-order valence-corrected chi connectivity index (χ1v) is 7.14. The van der Waals surface area contributed by atoms with E-state index in [4.69, 9.17) is 11.6 Å². The van der Waals surface area contributed by atoms with Crippen molar-refractivity contribution < 1.29 is 4.79 Å². The fraction of sp³-hybridized carbons (Fsp3) is 0.533. The van der Waals surface area contributed by atoms with Gasteiger partial charge in [-0.1, -0.05) is 43.1 Å². The summed E-state index contributed by atoms with van der Waals surface area (Å²) in [6.45, 7) is 5.47. The Bertz CT molecular complexity index is 409. The summed E-state index contributed by atoms with van der Waals surface area (Å²) in [6, 6.07) is 7.53. The van der Waals surface area contributed by atoms with E-state index in [0.717, 1.165) is 24.9 Å². The molecule has 4 heteroatoms. The zero-order valence-electron chi connectivity index (χ0n) is 11.9. The van der Waals surface area contributed by atoms with Crippen molar-refractivity contribution in [2.24, 2.45) is 0 Å². The molecule has 0 aliphatic carbocycles. The van der Waals surface area contributed by atoms with Gasteiger partial charge < -0.3 is 5.32 Å². The second kappa shape index (κ2) is 8.18. The van der Waals surface area contributed by atoms with Crippen LogP contribution in [0.15, 0.2) is 24.3 Å². The van der Waals surface area contributed by atoms with Gasteiger partial charge in [0, 0.05) is 5.02 Å². The SMILES string of the molecule is CCCCN(C)CC(=O)NC(C)c1ccccc1Cl. The number of unbranched alkanes of at least 4 members (excludes halogenated alkanes) is 1. The second-order valence-corrected chi connectivity index (χ2v) is 5.31. The van der Waals surface area contributed by atoms with E-state index in [1.807, 2.05) is 43.1 Å². The van der Waals surface area contributed by atoms with Gasteiger partial charge in [0.1, 0.15) is 0 Å². The van der Waals surface area contributed by atoms with Crippen LogP contribution in [0, 0.1) is 0 Å². The molecule has 1 unspecified atom stereocenters. The van der Waals surface area contributed by atoms with Crippen LogP contribution in [-0.2, 0) is 4.79 Å². The maximum absolute atomic E-state index is 11.9. The number of nitrogens with zero attached hydrogens (tertiary/aromatic N) is 1. The molecular formula is C15H23ClN2O. The zero-order valence-corrected chi connectivity index (χ0v) is 12.7. The summed E-state index contributed by atoms with van der Waals surface area (Å²) >= 11 is 6.12. The fourth-order valence-electron chi connectivity index (χ4n) is 1.94. The largest absolute Gasteiger partial charge is 0.348 e. The van der Waals surface area contributed by atoms with Crippen LogP contribution in [0.5, 0.6) is 0 Å². The maximum atomic E-state index is 11.9. The van der Waals surface area contributed by atoms with Gasteiger partial charge in [-0.25, -0.2) is 0 Å². The molecule has 1 N–H and O–H groups in total. The normalized spacial score (nSPS) is 12.5. The summed E-state index contributed by atoms with van der Waals surface area (Å²) in [5.74, 6) is 0.0334. The van der Waals surface area contributed by atoms with Gasteiger partial charge in [0.05, 0.1) is 12.6 Å². The van der Waals surface area contributed by atoms with Gasteiger partial charge in [-0.15, -0.1) is 0 Å². The van der Waals surface area contributed by atoms with Crippen molar-refractivity contribution in [2.45, 2.75) is 32.7 Å². The first kappa shape index (κ1) is 16.0. The predicted octanol–water partition coefficient (Wildman–Crippen LogP) is 3.25. The Labute approximate surface area is 120 Å². The molecule has 0 spiro atoms. The van der Waals surface area contributed by atoms with Crippen molar-refractivity contribution in [2.75, 3.05) is 20.1 Å². The highest BCUT2D eigenvalue weighted by molar-refractivity contribution is 6.31. The first-order chi connectivity index (χ1) is 9.04. The zero-order chi connectivity index (χ0) is 14.3. The molecule has 19 heavy (non-hydrogen) atoms. The van der Waals surface area contributed by atoms with Crippen molar-refractivity contribution in [3.63, 3.8) is 0 Å². The van der Waals surface area contributed by atoms with Crippen LogP contribution < -0.4 is 5.32 Å². The highest BCUT2D eigenvalue weighted by Gasteiger charge is 2.13. The number of hydrogen-bond acceptors (Lipinski definition) is 2. The van der Waals surface area contributed by atoms with Crippen molar-refractivity contribution in [1.29, 1.82) is 0 Å². The summed E-state index contributed by atoms with van der Waals surface area (Å²) < 4.78 is 0. The average Bonchev–Trinajstić information content (AvgIpc) is 2.36. The topological polar surface area (TPSA) is 32.3 Å². The molecule has 1 amide bonds. The number of halogens is 1. The molecule has 106 valence electrons. The molecule has 0 aliphatic heterocycles. The molecule has 0 saturated carbocycles. The van der Waals surface area contributed by atoms with Crippen molar-refractivity contribution in [1.82, 2.24) is 10.2 Å². The number of amides is 1. The Morgan fingerprint density at radius 3 is 2.74 bits per heavy atom. The molecule has 1 rings (SSSR count). The predicted molar refractivity (Wildman–Crippen MR) is 80.4 cm³/mol. The fourth-order valence-corrected chi connectivity index (χ4v) is 2.24. The number of nitrogens with one attached hydrogen (secondary N) is 1. The lowest BCUT2D eigenvalue weighted by atomic mass is 10.1. The van der Waals surface area contributed by atoms with Crippen LogP contribution in [0.3, 0.4) is 0 Å². The van der Waals surface area contributed by atoms with Crippen LogP contribution >= 0.6 is 11.6 Å². The minimum atomic E-state index is -0.0687. The van der Waals surface area contributed by atoms with E-state index >= 15 is 0 Å². The van der Waals surface area contributed by atoms with Crippen LogP contribution in [0.25, 0.3) is 0 Å². The van der Waals surface area contributed by atoms with Crippen molar-refractivity contribution in [3.05, 3.63) is 34.9 Å². The average molecular weight is 283 g/mol. The Hall–Kier alpha value is -1.06. The highest BCUT2D eigenvalue weighted by Crippen LogP contribution is 2.21. The Balaban J connectivity index is 2.46. The molecule has 1 aromatic carbocycles. The maximum Gasteiger partial charge on any atom is 0.234 e. The molecule has 0 aliphatic rings. The van der Waals surface area contributed by atoms with Gasteiger partial charge in [-0.2, -0.15) is 0 Å². The van der Waals surface area contributed by atoms with E-state index < -0.39 is 0 Å². The molecular weight excluding hydrogens is 260 g/mol. The molecule has 0 bridgehead atoms. The lowest BCUT2D eigenvalue weighted by molar-refractivity contribution is -0.122. The molecule has 0 radical (unpaired) electrons. The third-order valence-corrected chi connectivity index (χ3v) is 3.40. The monoisotopic (exact) mass is 282 g/mol. The summed E-state index contributed by atoms with van der Waals surface area (Å²) in [5.41, 5.74) is 0.953. The first-order valence-electron chi connectivity index (χ1n) is 6.77. The van der Waals surface area contributed by atoms with Gasteiger partial charge in [0.2, 0.25) is 5.91 Å². The molecule has 3 nitrogen and oxygen atoms in total. The van der Waals surface area contributed by atoms with Gasteiger partial charge in [0.15, 0.2) is 0 Å². The quantitative estimate of drug-likeness (QED) is 0.833. The van der Waals surface area contributed by atoms with E-state index in [2.05, 4.69) is 12.2 Å². The van der Waals surface area contributed by atoms with Gasteiger partial charge >= 0.3 is 0 Å². The van der Waals surface area contributed by atoms with E-state index in [1.54, 1.807) is 0 Å². The number of benzene rings is 1. The molecule has 0 heterocycles. The van der Waals surface area contributed by atoms with Gasteiger partial charge in [-0.3, -0.25) is 9.69 Å². The lowest BCUT2D eigenvalue weighted by Gasteiger charge is -2.19. The molecule has 0 fully saturated rings. The third kappa shape index (κ3) is 5.62. The highest BCUT2D eigenvalue weighted by atomic mass is 35.5. The van der Waals surface area contributed by atoms with E-state index in [-0.39, 0.29) is 11.9 Å². The minimum Gasteiger partial charge on any atom is -0.348 e. The smallest absolute Gasteiger partial charge is 0.234 e. The molecule has 1 aromatic rings. The number of hydrogen-bond donors (Lipinski definition) is 1. The standard InChI is InChI=1S/C15H23ClN2O/c1-4-5-10-18(3)11-15(19)17-12(2)13-8-6-7-9-14(13)16/h6-9,12H,4-5,10-11H2,1-3H3,(H,17,19). The molecule has 1 atom stereocenters. The van der Waals surface area contributed by atoms with Crippen LogP contribution in [0.1, 0.15) is 38.3 Å². The summed E-state index contributed by atoms with van der Waals surface area (Å²) in [6.07, 6.45) is 2.26.